The molecule has 2 nitrogen and oxygen atoms in total. The molecule has 2 aromatic rings. The summed E-state index contributed by atoms with van der Waals surface area (Å²) < 4.78 is 3.33. The molecule has 1 aliphatic carbocycles. The Bertz CT molecular complexity index is 526. The van der Waals surface area contributed by atoms with Gasteiger partial charge in [-0.1, -0.05) is 19.4 Å². The first-order chi connectivity index (χ1) is 7.81. The van der Waals surface area contributed by atoms with Gasteiger partial charge in [-0.3, -0.25) is 4.40 Å². The fourth-order valence-electron chi connectivity index (χ4n) is 2.33. The summed E-state index contributed by atoms with van der Waals surface area (Å²) in [6, 6.07) is 4.27. The molecule has 0 bridgehead atoms. The van der Waals surface area contributed by atoms with Crippen LogP contribution in [0.3, 0.4) is 0 Å². The maximum absolute atomic E-state index is 4.82. The summed E-state index contributed by atoms with van der Waals surface area (Å²) >= 11 is 3.69. The molecule has 3 heteroatoms. The van der Waals surface area contributed by atoms with Gasteiger partial charge in [-0.05, 0) is 46.8 Å². The minimum Gasteiger partial charge on any atom is -0.294 e. The van der Waals surface area contributed by atoms with Gasteiger partial charge in [0, 0.05) is 12.1 Å². The smallest absolute Gasteiger partial charge is 0.141 e. The SMILES string of the molecule is CCc1cccn2c(Br)c(C3CCC3)nc12. The van der Waals surface area contributed by atoms with Gasteiger partial charge in [-0.2, -0.15) is 0 Å². The molecule has 1 aliphatic rings. The van der Waals surface area contributed by atoms with Crippen molar-refractivity contribution >= 4 is 21.6 Å². The Morgan fingerprint density at radius 2 is 2.31 bits per heavy atom. The second kappa shape index (κ2) is 3.88. The number of rotatable bonds is 2. The van der Waals surface area contributed by atoms with E-state index in [-0.39, 0.29) is 0 Å². The second-order valence-corrected chi connectivity index (χ2v) is 5.25. The topological polar surface area (TPSA) is 17.3 Å². The van der Waals surface area contributed by atoms with Crippen LogP contribution in [0, 0.1) is 0 Å². The van der Waals surface area contributed by atoms with Gasteiger partial charge in [0.15, 0.2) is 0 Å². The summed E-state index contributed by atoms with van der Waals surface area (Å²) in [5.74, 6) is 0.680. The molecule has 0 spiro atoms. The maximum atomic E-state index is 4.82. The van der Waals surface area contributed by atoms with E-state index in [1.54, 1.807) is 0 Å². The van der Waals surface area contributed by atoms with Crippen molar-refractivity contribution in [1.29, 1.82) is 0 Å². The number of aromatic nitrogens is 2. The largest absolute Gasteiger partial charge is 0.294 e. The van der Waals surface area contributed by atoms with Crippen molar-refractivity contribution in [3.63, 3.8) is 0 Å². The minimum atomic E-state index is 0.680. The van der Waals surface area contributed by atoms with Crippen LogP contribution in [0.5, 0.6) is 0 Å². The van der Waals surface area contributed by atoms with Crippen molar-refractivity contribution in [3.8, 4) is 0 Å². The third-order valence-electron chi connectivity index (χ3n) is 3.57. The first kappa shape index (κ1) is 10.3. The Morgan fingerprint density at radius 1 is 1.50 bits per heavy atom. The van der Waals surface area contributed by atoms with Gasteiger partial charge in [-0.25, -0.2) is 4.98 Å². The van der Waals surface area contributed by atoms with Gasteiger partial charge in [0.2, 0.25) is 0 Å². The lowest BCUT2D eigenvalue weighted by atomic mass is 9.83. The number of nitrogens with zero attached hydrogens (tertiary/aromatic N) is 2. The lowest BCUT2D eigenvalue weighted by Gasteiger charge is -2.23. The highest BCUT2D eigenvalue weighted by Gasteiger charge is 2.25. The van der Waals surface area contributed by atoms with E-state index in [0.717, 1.165) is 16.7 Å². The maximum Gasteiger partial charge on any atom is 0.141 e. The van der Waals surface area contributed by atoms with E-state index in [1.807, 2.05) is 0 Å². The van der Waals surface area contributed by atoms with E-state index in [0.29, 0.717) is 5.92 Å². The second-order valence-electron chi connectivity index (χ2n) is 4.50. The average Bonchev–Trinajstić information content (AvgIpc) is 2.55. The van der Waals surface area contributed by atoms with E-state index < -0.39 is 0 Å². The van der Waals surface area contributed by atoms with E-state index in [9.17, 15) is 0 Å². The summed E-state index contributed by atoms with van der Waals surface area (Å²) in [6.45, 7) is 2.18. The third-order valence-corrected chi connectivity index (χ3v) is 4.36. The van der Waals surface area contributed by atoms with Crippen molar-refractivity contribution in [2.75, 3.05) is 0 Å². The van der Waals surface area contributed by atoms with E-state index in [4.69, 9.17) is 4.98 Å². The molecule has 0 unspecified atom stereocenters. The Kier molecular flexibility index (Phi) is 2.51. The number of pyridine rings is 1. The lowest BCUT2D eigenvalue weighted by molar-refractivity contribution is 0.411. The normalized spacial score (nSPS) is 16.6. The molecule has 0 atom stereocenters. The quantitative estimate of drug-likeness (QED) is 0.814. The molecule has 0 radical (unpaired) electrons. The minimum absolute atomic E-state index is 0.680. The first-order valence-electron chi connectivity index (χ1n) is 5.96. The number of aryl methyl sites for hydroxylation is 1. The zero-order chi connectivity index (χ0) is 11.1. The van der Waals surface area contributed by atoms with Crippen molar-refractivity contribution in [1.82, 2.24) is 9.38 Å². The lowest BCUT2D eigenvalue weighted by Crippen LogP contribution is -2.09. The monoisotopic (exact) mass is 278 g/mol. The number of fused-ring (bicyclic) bond motifs is 1. The van der Waals surface area contributed by atoms with Crippen LogP contribution in [0.25, 0.3) is 5.65 Å². The summed E-state index contributed by atoms with van der Waals surface area (Å²) in [6.07, 6.45) is 7.07. The van der Waals surface area contributed by atoms with Crippen LogP contribution in [0.15, 0.2) is 22.9 Å². The van der Waals surface area contributed by atoms with E-state index in [1.165, 1.54) is 30.5 Å². The van der Waals surface area contributed by atoms with Crippen LogP contribution in [-0.2, 0) is 6.42 Å². The number of imidazole rings is 1. The summed E-state index contributed by atoms with van der Waals surface area (Å²) in [4.78, 5) is 4.82. The van der Waals surface area contributed by atoms with Crippen LogP contribution in [0.1, 0.15) is 43.4 Å². The highest BCUT2D eigenvalue weighted by atomic mass is 79.9. The highest BCUT2D eigenvalue weighted by molar-refractivity contribution is 9.10. The Hall–Kier alpha value is -0.830. The number of hydrogen-bond acceptors (Lipinski definition) is 1. The van der Waals surface area contributed by atoms with Crippen molar-refractivity contribution in [2.24, 2.45) is 0 Å². The van der Waals surface area contributed by atoms with Crippen LogP contribution in [0.4, 0.5) is 0 Å². The molecule has 1 fully saturated rings. The van der Waals surface area contributed by atoms with Gasteiger partial charge in [0.05, 0.1) is 5.69 Å². The molecular formula is C13H15BrN2. The summed E-state index contributed by atoms with van der Waals surface area (Å²) in [5, 5.41) is 0. The Labute approximate surface area is 104 Å². The van der Waals surface area contributed by atoms with Gasteiger partial charge in [0.1, 0.15) is 10.3 Å². The van der Waals surface area contributed by atoms with Crippen molar-refractivity contribution in [3.05, 3.63) is 34.2 Å². The molecule has 84 valence electrons. The van der Waals surface area contributed by atoms with Crippen LogP contribution >= 0.6 is 15.9 Å². The van der Waals surface area contributed by atoms with Crippen LogP contribution in [-0.4, -0.2) is 9.38 Å². The zero-order valence-corrected chi connectivity index (χ0v) is 11.0. The molecule has 2 heterocycles. The molecule has 0 amide bonds. The van der Waals surface area contributed by atoms with Crippen molar-refractivity contribution < 1.29 is 0 Å². The fraction of sp³-hybridized carbons (Fsp3) is 0.462. The molecule has 3 rings (SSSR count). The molecular weight excluding hydrogens is 264 g/mol. The van der Waals surface area contributed by atoms with Gasteiger partial charge in [0.25, 0.3) is 0 Å². The Morgan fingerprint density at radius 3 is 2.94 bits per heavy atom. The predicted molar refractivity (Wildman–Crippen MR) is 68.9 cm³/mol. The molecule has 0 saturated heterocycles. The molecule has 2 aromatic heterocycles. The highest BCUT2D eigenvalue weighted by Crippen LogP contribution is 2.39. The van der Waals surface area contributed by atoms with Gasteiger partial charge in [-0.15, -0.1) is 0 Å². The number of halogens is 1. The first-order valence-corrected chi connectivity index (χ1v) is 6.76. The standard InChI is InChI=1S/C13H15BrN2/c1-2-9-7-4-8-16-12(14)11(15-13(9)16)10-5-3-6-10/h4,7-8,10H,2-3,5-6H2,1H3. The summed E-state index contributed by atoms with van der Waals surface area (Å²) in [5.41, 5.74) is 3.71. The molecule has 16 heavy (non-hydrogen) atoms. The molecule has 0 aromatic carbocycles. The molecule has 0 aliphatic heterocycles. The predicted octanol–water partition coefficient (Wildman–Crippen LogP) is 3.93. The van der Waals surface area contributed by atoms with Crippen molar-refractivity contribution in [2.45, 2.75) is 38.5 Å². The van der Waals surface area contributed by atoms with Crippen LogP contribution < -0.4 is 0 Å². The molecule has 1 saturated carbocycles. The van der Waals surface area contributed by atoms with Crippen LogP contribution in [0.2, 0.25) is 0 Å². The van der Waals surface area contributed by atoms with E-state index in [2.05, 4.69) is 45.6 Å². The summed E-state index contributed by atoms with van der Waals surface area (Å²) in [7, 11) is 0. The fourth-order valence-corrected chi connectivity index (χ4v) is 3.03. The van der Waals surface area contributed by atoms with E-state index >= 15 is 0 Å². The average molecular weight is 279 g/mol. The molecule has 0 N–H and O–H groups in total. The van der Waals surface area contributed by atoms with Gasteiger partial charge < -0.3 is 0 Å². The van der Waals surface area contributed by atoms with Gasteiger partial charge >= 0.3 is 0 Å². The Balaban J connectivity index is 2.20. The number of hydrogen-bond donors (Lipinski definition) is 0. The third kappa shape index (κ3) is 1.41. The zero-order valence-electron chi connectivity index (χ0n) is 9.41.